The second kappa shape index (κ2) is 9.06. The van der Waals surface area contributed by atoms with Crippen LogP contribution in [-0.4, -0.2) is 32.5 Å². The molecule has 1 N–H and O–H groups in total. The van der Waals surface area contributed by atoms with Crippen molar-refractivity contribution >= 4 is 17.7 Å². The number of hydrogen-bond acceptors (Lipinski definition) is 4. The van der Waals surface area contributed by atoms with Crippen LogP contribution in [-0.2, 0) is 4.79 Å². The van der Waals surface area contributed by atoms with Gasteiger partial charge in [0.25, 0.3) is 0 Å². The van der Waals surface area contributed by atoms with E-state index in [4.69, 9.17) is 0 Å². The summed E-state index contributed by atoms with van der Waals surface area (Å²) in [7, 11) is 0. The smallest absolute Gasteiger partial charge is 0.230 e. The third-order valence-electron chi connectivity index (χ3n) is 4.68. The standard InChI is InChI=1S/C22H26N4OS/c1-15(2)17(4)23-20(27)14-28-22-25-24-21(18-8-6-5-7-9-18)26(22)19-12-10-16(3)11-13-19/h5-13,15,17H,14H2,1-4H3,(H,23,27). The molecule has 3 aromatic rings. The molecule has 0 fully saturated rings. The van der Waals surface area contributed by atoms with E-state index in [1.165, 1.54) is 17.3 Å². The number of rotatable bonds is 7. The minimum atomic E-state index is 0.00548. The molecule has 28 heavy (non-hydrogen) atoms. The molecule has 146 valence electrons. The first kappa shape index (κ1) is 20.1. The van der Waals surface area contributed by atoms with Crippen LogP contribution < -0.4 is 5.32 Å². The number of nitrogens with one attached hydrogen (secondary N) is 1. The van der Waals surface area contributed by atoms with Crippen molar-refractivity contribution in [3.63, 3.8) is 0 Å². The highest BCUT2D eigenvalue weighted by atomic mass is 32.2. The van der Waals surface area contributed by atoms with E-state index in [1.54, 1.807) is 0 Å². The van der Waals surface area contributed by atoms with E-state index in [-0.39, 0.29) is 11.9 Å². The summed E-state index contributed by atoms with van der Waals surface area (Å²) >= 11 is 1.40. The van der Waals surface area contributed by atoms with Gasteiger partial charge >= 0.3 is 0 Å². The summed E-state index contributed by atoms with van der Waals surface area (Å²) in [5.41, 5.74) is 3.16. The first-order valence-electron chi connectivity index (χ1n) is 9.45. The van der Waals surface area contributed by atoms with Gasteiger partial charge in [-0.15, -0.1) is 10.2 Å². The first-order chi connectivity index (χ1) is 13.5. The fourth-order valence-electron chi connectivity index (χ4n) is 2.66. The predicted octanol–water partition coefficient (Wildman–Crippen LogP) is 4.50. The van der Waals surface area contributed by atoms with Crippen LogP contribution in [0, 0.1) is 12.8 Å². The normalized spacial score (nSPS) is 12.2. The van der Waals surface area contributed by atoms with Gasteiger partial charge in [-0.25, -0.2) is 0 Å². The van der Waals surface area contributed by atoms with Crippen molar-refractivity contribution in [1.82, 2.24) is 20.1 Å². The highest BCUT2D eigenvalue weighted by molar-refractivity contribution is 7.99. The van der Waals surface area contributed by atoms with Crippen molar-refractivity contribution in [3.8, 4) is 17.1 Å². The topological polar surface area (TPSA) is 59.8 Å². The van der Waals surface area contributed by atoms with Crippen LogP contribution >= 0.6 is 11.8 Å². The molecule has 0 aliphatic rings. The van der Waals surface area contributed by atoms with Gasteiger partial charge in [-0.1, -0.05) is 73.6 Å². The summed E-state index contributed by atoms with van der Waals surface area (Å²) in [6, 6.07) is 18.3. The number of hydrogen-bond donors (Lipinski definition) is 1. The molecule has 0 radical (unpaired) electrons. The molecule has 0 aliphatic heterocycles. The van der Waals surface area contributed by atoms with Crippen molar-refractivity contribution < 1.29 is 4.79 Å². The molecular weight excluding hydrogens is 368 g/mol. The number of benzene rings is 2. The third kappa shape index (κ3) is 4.81. The van der Waals surface area contributed by atoms with E-state index in [0.29, 0.717) is 16.8 Å². The number of nitrogens with zero attached hydrogens (tertiary/aromatic N) is 3. The zero-order chi connectivity index (χ0) is 20.1. The Balaban J connectivity index is 1.88. The van der Waals surface area contributed by atoms with Crippen LogP contribution in [0.25, 0.3) is 17.1 Å². The van der Waals surface area contributed by atoms with E-state index in [1.807, 2.05) is 41.8 Å². The van der Waals surface area contributed by atoms with Crippen molar-refractivity contribution in [2.24, 2.45) is 5.92 Å². The number of amides is 1. The van der Waals surface area contributed by atoms with Gasteiger partial charge in [-0.2, -0.15) is 0 Å². The fourth-order valence-corrected chi connectivity index (χ4v) is 3.42. The molecule has 5 nitrogen and oxygen atoms in total. The summed E-state index contributed by atoms with van der Waals surface area (Å²) in [6.45, 7) is 8.27. The second-order valence-corrected chi connectivity index (χ2v) is 8.17. The van der Waals surface area contributed by atoms with Crippen LogP contribution in [0.4, 0.5) is 0 Å². The Kier molecular flexibility index (Phi) is 6.52. The number of thioether (sulfide) groups is 1. The quantitative estimate of drug-likeness (QED) is 0.600. The van der Waals surface area contributed by atoms with Crippen LogP contribution in [0.3, 0.4) is 0 Å². The summed E-state index contributed by atoms with van der Waals surface area (Å²) in [5, 5.41) is 12.5. The first-order valence-corrected chi connectivity index (χ1v) is 10.4. The van der Waals surface area contributed by atoms with Gasteiger partial charge in [-0.05, 0) is 31.9 Å². The van der Waals surface area contributed by atoms with Gasteiger partial charge in [-0.3, -0.25) is 9.36 Å². The monoisotopic (exact) mass is 394 g/mol. The largest absolute Gasteiger partial charge is 0.353 e. The highest BCUT2D eigenvalue weighted by Crippen LogP contribution is 2.28. The fraction of sp³-hybridized carbons (Fsp3) is 0.318. The Bertz CT molecular complexity index is 919. The van der Waals surface area contributed by atoms with Gasteiger partial charge in [0.2, 0.25) is 5.91 Å². The summed E-state index contributed by atoms with van der Waals surface area (Å²) in [4.78, 5) is 12.3. The van der Waals surface area contributed by atoms with Crippen molar-refractivity contribution in [1.29, 1.82) is 0 Å². The Hall–Kier alpha value is -2.60. The molecule has 2 aromatic carbocycles. The van der Waals surface area contributed by atoms with Crippen molar-refractivity contribution in [2.75, 3.05) is 5.75 Å². The Morgan fingerprint density at radius 3 is 2.36 bits per heavy atom. The van der Waals surface area contributed by atoms with Crippen LogP contribution in [0.1, 0.15) is 26.3 Å². The summed E-state index contributed by atoms with van der Waals surface area (Å²) in [5.74, 6) is 1.47. The molecule has 1 atom stereocenters. The van der Waals surface area contributed by atoms with E-state index in [2.05, 4.69) is 60.6 Å². The molecule has 1 unspecified atom stereocenters. The van der Waals surface area contributed by atoms with Gasteiger partial charge in [0.1, 0.15) is 0 Å². The lowest BCUT2D eigenvalue weighted by Gasteiger charge is -2.17. The molecule has 0 aliphatic carbocycles. The highest BCUT2D eigenvalue weighted by Gasteiger charge is 2.18. The Labute approximate surface area is 170 Å². The van der Waals surface area contributed by atoms with Crippen molar-refractivity contribution in [3.05, 3.63) is 60.2 Å². The zero-order valence-corrected chi connectivity index (χ0v) is 17.5. The predicted molar refractivity (Wildman–Crippen MR) is 115 cm³/mol. The Morgan fingerprint density at radius 2 is 1.71 bits per heavy atom. The van der Waals surface area contributed by atoms with Crippen LogP contribution in [0.15, 0.2) is 59.8 Å². The maximum absolute atomic E-state index is 12.3. The lowest BCUT2D eigenvalue weighted by atomic mass is 10.1. The minimum absolute atomic E-state index is 0.00548. The number of carbonyl (C=O) groups is 1. The van der Waals surface area contributed by atoms with E-state index < -0.39 is 0 Å². The van der Waals surface area contributed by atoms with E-state index in [0.717, 1.165) is 17.1 Å². The molecule has 1 aromatic heterocycles. The van der Waals surface area contributed by atoms with E-state index >= 15 is 0 Å². The van der Waals surface area contributed by atoms with Gasteiger partial charge < -0.3 is 5.32 Å². The lowest BCUT2D eigenvalue weighted by molar-refractivity contribution is -0.119. The van der Waals surface area contributed by atoms with Gasteiger partial charge in [0, 0.05) is 17.3 Å². The number of aromatic nitrogens is 3. The number of aryl methyl sites for hydroxylation is 1. The van der Waals surface area contributed by atoms with Gasteiger partial charge in [0.05, 0.1) is 5.75 Å². The average molecular weight is 395 g/mol. The molecule has 6 heteroatoms. The summed E-state index contributed by atoms with van der Waals surface area (Å²) < 4.78 is 2.01. The molecule has 0 saturated heterocycles. The van der Waals surface area contributed by atoms with Gasteiger partial charge in [0.15, 0.2) is 11.0 Å². The maximum Gasteiger partial charge on any atom is 0.230 e. The average Bonchev–Trinajstić information content (AvgIpc) is 3.11. The SMILES string of the molecule is Cc1ccc(-n2c(SCC(=O)NC(C)C(C)C)nnc2-c2ccccc2)cc1. The lowest BCUT2D eigenvalue weighted by Crippen LogP contribution is -2.37. The Morgan fingerprint density at radius 1 is 1.04 bits per heavy atom. The number of carbonyl (C=O) groups excluding carboxylic acids is 1. The molecule has 0 bridgehead atoms. The van der Waals surface area contributed by atoms with E-state index in [9.17, 15) is 4.79 Å². The second-order valence-electron chi connectivity index (χ2n) is 7.23. The third-order valence-corrected chi connectivity index (χ3v) is 5.61. The molecule has 1 heterocycles. The van der Waals surface area contributed by atoms with Crippen molar-refractivity contribution in [2.45, 2.75) is 38.9 Å². The van der Waals surface area contributed by atoms with Crippen LogP contribution in [0.2, 0.25) is 0 Å². The molecular formula is C22H26N4OS. The molecule has 3 rings (SSSR count). The minimum Gasteiger partial charge on any atom is -0.353 e. The molecule has 0 saturated carbocycles. The zero-order valence-electron chi connectivity index (χ0n) is 16.7. The summed E-state index contributed by atoms with van der Waals surface area (Å²) in [6.07, 6.45) is 0. The molecule has 0 spiro atoms. The van der Waals surface area contributed by atoms with Crippen LogP contribution in [0.5, 0.6) is 0 Å². The molecule has 1 amide bonds. The maximum atomic E-state index is 12.3.